The molecule has 0 rings (SSSR count). The summed E-state index contributed by atoms with van der Waals surface area (Å²) in [5.41, 5.74) is 0. The number of esters is 3. The summed E-state index contributed by atoms with van der Waals surface area (Å²) in [6, 6.07) is 0. The molecule has 0 amide bonds. The molecule has 6 nitrogen and oxygen atoms in total. The predicted molar refractivity (Wildman–Crippen MR) is 187 cm³/mol. The van der Waals surface area contributed by atoms with Crippen molar-refractivity contribution in [3.05, 3.63) is 0 Å². The summed E-state index contributed by atoms with van der Waals surface area (Å²) >= 11 is 0. The molecule has 6 heteroatoms. The van der Waals surface area contributed by atoms with Gasteiger partial charge in [0.1, 0.15) is 13.2 Å². The zero-order valence-electron chi connectivity index (χ0n) is 30.2. The third-order valence-corrected chi connectivity index (χ3v) is 8.67. The number of rotatable bonds is 35. The van der Waals surface area contributed by atoms with Gasteiger partial charge in [0, 0.05) is 19.8 Å². The molecule has 0 heterocycles. The number of ether oxygens (including phenoxy) is 3. The maximum absolute atomic E-state index is 12.4. The van der Waals surface area contributed by atoms with Crippen LogP contribution in [0.1, 0.15) is 213 Å². The molecule has 266 valence electrons. The minimum atomic E-state index is -0.756. The monoisotopic (exact) mass is 639 g/mol. The van der Waals surface area contributed by atoms with Crippen molar-refractivity contribution in [2.45, 2.75) is 219 Å². The first-order valence-electron chi connectivity index (χ1n) is 19.5. The third kappa shape index (κ3) is 35.1. The first-order valence-corrected chi connectivity index (χ1v) is 19.5. The van der Waals surface area contributed by atoms with Gasteiger partial charge in [-0.25, -0.2) is 0 Å². The van der Waals surface area contributed by atoms with Crippen LogP contribution < -0.4 is 0 Å². The van der Waals surface area contributed by atoms with Crippen LogP contribution in [0.25, 0.3) is 0 Å². The molecule has 0 spiro atoms. The maximum Gasteiger partial charge on any atom is 0.306 e. The van der Waals surface area contributed by atoms with Gasteiger partial charge in [-0.2, -0.15) is 0 Å². The highest BCUT2D eigenvalue weighted by Crippen LogP contribution is 2.15. The van der Waals surface area contributed by atoms with Crippen molar-refractivity contribution in [1.29, 1.82) is 0 Å². The van der Waals surface area contributed by atoms with Gasteiger partial charge in [-0.15, -0.1) is 0 Å². The number of unbranched alkanes of at least 4 members (excludes halogenated alkanes) is 26. The van der Waals surface area contributed by atoms with Gasteiger partial charge in [-0.1, -0.05) is 181 Å². The average Bonchev–Trinajstić information content (AvgIpc) is 3.02. The molecule has 0 saturated carbocycles. The van der Waals surface area contributed by atoms with E-state index in [1.807, 2.05) is 0 Å². The Hall–Kier alpha value is -1.59. The molecule has 0 aromatic rings. The Morgan fingerprint density at radius 2 is 0.689 bits per heavy atom. The Bertz CT molecular complexity index is 664. The van der Waals surface area contributed by atoms with E-state index in [2.05, 4.69) is 13.8 Å². The lowest BCUT2D eigenvalue weighted by Gasteiger charge is -2.18. The van der Waals surface area contributed by atoms with Crippen LogP contribution >= 0.6 is 0 Å². The van der Waals surface area contributed by atoms with Crippen LogP contribution in [0.5, 0.6) is 0 Å². The summed E-state index contributed by atoms with van der Waals surface area (Å²) in [5, 5.41) is 0. The van der Waals surface area contributed by atoms with Crippen LogP contribution in [-0.2, 0) is 28.6 Å². The topological polar surface area (TPSA) is 78.9 Å². The number of carbonyl (C=O) groups excluding carboxylic acids is 3. The van der Waals surface area contributed by atoms with Crippen LogP contribution in [0.4, 0.5) is 0 Å². The minimum absolute atomic E-state index is 0.0742. The van der Waals surface area contributed by atoms with Gasteiger partial charge in [-0.05, 0) is 12.8 Å². The zero-order valence-corrected chi connectivity index (χ0v) is 30.2. The molecule has 0 aliphatic heterocycles. The lowest BCUT2D eigenvalue weighted by atomic mass is 10.0. The Kier molecular flexibility index (Phi) is 34.0. The Morgan fingerprint density at radius 3 is 1.02 bits per heavy atom. The van der Waals surface area contributed by atoms with Gasteiger partial charge < -0.3 is 14.2 Å². The van der Waals surface area contributed by atoms with Crippen molar-refractivity contribution < 1.29 is 28.6 Å². The van der Waals surface area contributed by atoms with Gasteiger partial charge in [0.25, 0.3) is 0 Å². The largest absolute Gasteiger partial charge is 0.462 e. The summed E-state index contributed by atoms with van der Waals surface area (Å²) in [6.45, 7) is 5.67. The van der Waals surface area contributed by atoms with Crippen molar-refractivity contribution in [3.63, 3.8) is 0 Å². The van der Waals surface area contributed by atoms with Crippen LogP contribution in [-0.4, -0.2) is 37.2 Å². The van der Waals surface area contributed by atoms with Crippen molar-refractivity contribution in [2.75, 3.05) is 13.2 Å². The Morgan fingerprint density at radius 1 is 0.400 bits per heavy atom. The van der Waals surface area contributed by atoms with E-state index in [0.29, 0.717) is 12.8 Å². The first kappa shape index (κ1) is 43.4. The number of carbonyl (C=O) groups is 3. The predicted octanol–water partition coefficient (Wildman–Crippen LogP) is 11.7. The van der Waals surface area contributed by atoms with Gasteiger partial charge in [0.05, 0.1) is 0 Å². The van der Waals surface area contributed by atoms with Crippen molar-refractivity contribution in [3.8, 4) is 0 Å². The standard InChI is InChI=1S/C39H74O6/c1-4-6-8-10-12-14-16-18-19-21-22-24-26-28-30-32-38(41)44-35-37(34-43-36(3)40)45-39(42)33-31-29-27-25-23-20-17-15-13-11-9-7-5-2/h37H,4-35H2,1-3H3/t37-/m0/s1. The normalized spacial score (nSPS) is 11.8. The minimum Gasteiger partial charge on any atom is -0.462 e. The van der Waals surface area contributed by atoms with Gasteiger partial charge >= 0.3 is 17.9 Å². The molecule has 0 fully saturated rings. The number of hydrogen-bond donors (Lipinski definition) is 0. The maximum atomic E-state index is 12.4. The van der Waals surface area contributed by atoms with Crippen LogP contribution in [0.3, 0.4) is 0 Å². The highest BCUT2D eigenvalue weighted by molar-refractivity contribution is 5.70. The molecule has 0 unspecified atom stereocenters. The smallest absolute Gasteiger partial charge is 0.306 e. The van der Waals surface area contributed by atoms with Gasteiger partial charge in [0.2, 0.25) is 0 Å². The van der Waals surface area contributed by atoms with E-state index in [-0.39, 0.29) is 25.2 Å². The fourth-order valence-corrected chi connectivity index (χ4v) is 5.76. The fourth-order valence-electron chi connectivity index (χ4n) is 5.76. The van der Waals surface area contributed by atoms with Gasteiger partial charge in [-0.3, -0.25) is 14.4 Å². The molecule has 0 aliphatic carbocycles. The molecule has 0 N–H and O–H groups in total. The average molecular weight is 639 g/mol. The molecule has 0 aliphatic rings. The first-order chi connectivity index (χ1) is 22.0. The Labute approximate surface area is 278 Å². The summed E-state index contributed by atoms with van der Waals surface area (Å²) in [5.74, 6) is -1.06. The third-order valence-electron chi connectivity index (χ3n) is 8.67. The highest BCUT2D eigenvalue weighted by atomic mass is 16.6. The molecule has 1 atom stereocenters. The van der Waals surface area contributed by atoms with Crippen molar-refractivity contribution >= 4 is 17.9 Å². The van der Waals surface area contributed by atoms with Crippen LogP contribution in [0.2, 0.25) is 0 Å². The quantitative estimate of drug-likeness (QED) is 0.0390. The van der Waals surface area contributed by atoms with E-state index in [1.165, 1.54) is 148 Å². The molecule has 0 aromatic carbocycles. The van der Waals surface area contributed by atoms with E-state index < -0.39 is 12.1 Å². The lowest BCUT2D eigenvalue weighted by molar-refractivity contribution is -0.166. The lowest BCUT2D eigenvalue weighted by Crippen LogP contribution is -2.30. The SMILES string of the molecule is CCCCCCCCCCCCCCCCCC(=O)OC[C@H](COC(C)=O)OC(=O)CCCCCCCCCCCCCCC. The summed E-state index contributed by atoms with van der Waals surface area (Å²) < 4.78 is 15.9. The van der Waals surface area contributed by atoms with E-state index >= 15 is 0 Å². The second kappa shape index (κ2) is 35.3. The molecule has 0 bridgehead atoms. The summed E-state index contributed by atoms with van der Waals surface area (Å²) in [4.78, 5) is 35.9. The second-order valence-corrected chi connectivity index (χ2v) is 13.3. The van der Waals surface area contributed by atoms with Gasteiger partial charge in [0.15, 0.2) is 6.10 Å². The second-order valence-electron chi connectivity index (χ2n) is 13.3. The van der Waals surface area contributed by atoms with Crippen molar-refractivity contribution in [2.24, 2.45) is 0 Å². The van der Waals surface area contributed by atoms with Crippen LogP contribution in [0.15, 0.2) is 0 Å². The molecule has 0 aromatic heterocycles. The van der Waals surface area contributed by atoms with E-state index in [1.54, 1.807) is 0 Å². The fraction of sp³-hybridized carbons (Fsp3) is 0.923. The summed E-state index contributed by atoms with van der Waals surface area (Å²) in [7, 11) is 0. The highest BCUT2D eigenvalue weighted by Gasteiger charge is 2.18. The molecule has 45 heavy (non-hydrogen) atoms. The zero-order chi connectivity index (χ0) is 33.1. The van der Waals surface area contributed by atoms with Crippen molar-refractivity contribution in [1.82, 2.24) is 0 Å². The van der Waals surface area contributed by atoms with E-state index in [9.17, 15) is 14.4 Å². The molecule has 0 radical (unpaired) electrons. The molecular weight excluding hydrogens is 564 g/mol. The van der Waals surface area contributed by atoms with E-state index in [0.717, 1.165) is 38.5 Å². The molecule has 0 saturated heterocycles. The summed E-state index contributed by atoms with van der Waals surface area (Å²) in [6.07, 6.45) is 35.4. The Balaban J connectivity index is 3.80. The van der Waals surface area contributed by atoms with Crippen LogP contribution in [0, 0.1) is 0 Å². The number of hydrogen-bond acceptors (Lipinski definition) is 6. The van der Waals surface area contributed by atoms with E-state index in [4.69, 9.17) is 14.2 Å². The molecular formula is C39H74O6.